The summed E-state index contributed by atoms with van der Waals surface area (Å²) in [5, 5.41) is 5.17. The summed E-state index contributed by atoms with van der Waals surface area (Å²) in [4.78, 5) is 26.7. The molecule has 0 radical (unpaired) electrons. The zero-order chi connectivity index (χ0) is 22.2. The number of urea groups is 1. The van der Waals surface area contributed by atoms with Crippen LogP contribution in [0.15, 0.2) is 42.5 Å². The van der Waals surface area contributed by atoms with Gasteiger partial charge in [-0.1, -0.05) is 43.7 Å². The van der Waals surface area contributed by atoms with Gasteiger partial charge in [-0.2, -0.15) is 0 Å². The molecule has 0 aromatic heterocycles. The van der Waals surface area contributed by atoms with Gasteiger partial charge in [0, 0.05) is 13.1 Å². The quantitative estimate of drug-likeness (QED) is 0.635. The van der Waals surface area contributed by atoms with Gasteiger partial charge in [0.05, 0.1) is 26.8 Å². The van der Waals surface area contributed by atoms with Gasteiger partial charge in [0.15, 0.2) is 11.5 Å². The third-order valence-corrected chi connectivity index (χ3v) is 5.50. The van der Waals surface area contributed by atoms with Crippen LogP contribution in [0.2, 0.25) is 0 Å². The molecule has 1 aliphatic heterocycles. The molecule has 0 saturated carbocycles. The van der Waals surface area contributed by atoms with Gasteiger partial charge in [0.2, 0.25) is 5.91 Å². The van der Waals surface area contributed by atoms with Crippen molar-refractivity contribution in [3.8, 4) is 11.5 Å². The molecule has 1 heterocycles. The summed E-state index contributed by atoms with van der Waals surface area (Å²) in [6.45, 7) is 3.41. The van der Waals surface area contributed by atoms with Gasteiger partial charge in [-0.25, -0.2) is 4.79 Å². The highest BCUT2D eigenvalue weighted by atomic mass is 16.5. The molecule has 2 aromatic rings. The fraction of sp³-hybridized carbons (Fsp3) is 0.417. The van der Waals surface area contributed by atoms with Crippen molar-refractivity contribution in [3.63, 3.8) is 0 Å². The number of unbranched alkanes of at least 4 members (excludes halogenated alkanes) is 1. The van der Waals surface area contributed by atoms with E-state index in [-0.39, 0.29) is 18.5 Å². The number of benzene rings is 2. The Hall–Kier alpha value is -3.06. The molecular weight excluding hydrogens is 394 g/mol. The third-order valence-electron chi connectivity index (χ3n) is 5.50. The Morgan fingerprint density at radius 3 is 2.48 bits per heavy atom. The monoisotopic (exact) mass is 425 g/mol. The Balaban J connectivity index is 1.84. The van der Waals surface area contributed by atoms with Crippen LogP contribution in [0.5, 0.6) is 11.5 Å². The van der Waals surface area contributed by atoms with Crippen molar-refractivity contribution in [1.29, 1.82) is 0 Å². The van der Waals surface area contributed by atoms with Crippen LogP contribution in [-0.4, -0.2) is 50.7 Å². The molecule has 0 spiro atoms. The van der Waals surface area contributed by atoms with Crippen LogP contribution >= 0.6 is 0 Å². The highest BCUT2D eigenvalue weighted by molar-refractivity contribution is 5.95. The van der Waals surface area contributed by atoms with Crippen molar-refractivity contribution in [1.82, 2.24) is 15.5 Å². The van der Waals surface area contributed by atoms with Gasteiger partial charge in [0.25, 0.3) is 0 Å². The van der Waals surface area contributed by atoms with E-state index in [1.54, 1.807) is 14.2 Å². The first-order chi connectivity index (χ1) is 15.1. The summed E-state index contributed by atoms with van der Waals surface area (Å²) in [7, 11) is 3.25. The molecule has 1 aliphatic rings. The van der Waals surface area contributed by atoms with Crippen LogP contribution < -0.4 is 20.1 Å². The molecule has 0 fully saturated rings. The number of methoxy groups -OCH3 is 2. The van der Waals surface area contributed by atoms with Crippen molar-refractivity contribution >= 4 is 11.9 Å². The topological polar surface area (TPSA) is 79.9 Å². The predicted octanol–water partition coefficient (Wildman–Crippen LogP) is 3.28. The number of amides is 3. The Labute approximate surface area is 183 Å². The Bertz CT molecular complexity index is 901. The number of fused-ring (bicyclic) bond motifs is 1. The first-order valence-corrected chi connectivity index (χ1v) is 10.7. The molecule has 3 rings (SSSR count). The van der Waals surface area contributed by atoms with Crippen molar-refractivity contribution in [2.75, 3.05) is 33.9 Å². The SMILES string of the molecule is CCCCNC(=O)NC(=O)CN1CCc2cc(OC)c(OC)cc2C1c1ccccc1. The van der Waals surface area contributed by atoms with E-state index in [0.29, 0.717) is 24.6 Å². The second kappa shape index (κ2) is 10.8. The van der Waals surface area contributed by atoms with Crippen molar-refractivity contribution in [2.45, 2.75) is 32.2 Å². The summed E-state index contributed by atoms with van der Waals surface area (Å²) in [5.41, 5.74) is 3.33. The zero-order valence-electron chi connectivity index (χ0n) is 18.4. The molecule has 0 bridgehead atoms. The second-order valence-corrected chi connectivity index (χ2v) is 7.60. The lowest BCUT2D eigenvalue weighted by Gasteiger charge is -2.37. The summed E-state index contributed by atoms with van der Waals surface area (Å²) < 4.78 is 11.0. The lowest BCUT2D eigenvalue weighted by Crippen LogP contribution is -2.47. The van der Waals surface area contributed by atoms with E-state index in [1.807, 2.05) is 37.3 Å². The summed E-state index contributed by atoms with van der Waals surface area (Å²) in [6.07, 6.45) is 2.63. The lowest BCUT2D eigenvalue weighted by molar-refractivity contribution is -0.121. The Morgan fingerprint density at radius 1 is 1.10 bits per heavy atom. The molecule has 2 N–H and O–H groups in total. The highest BCUT2D eigenvalue weighted by Gasteiger charge is 2.31. The molecule has 31 heavy (non-hydrogen) atoms. The molecular formula is C24H31N3O4. The molecule has 166 valence electrons. The van der Waals surface area contributed by atoms with E-state index >= 15 is 0 Å². The van der Waals surface area contributed by atoms with Crippen molar-refractivity contribution in [2.24, 2.45) is 0 Å². The van der Waals surface area contributed by atoms with E-state index in [4.69, 9.17) is 9.47 Å². The first-order valence-electron chi connectivity index (χ1n) is 10.7. The van der Waals surface area contributed by atoms with E-state index in [0.717, 1.165) is 30.4 Å². The van der Waals surface area contributed by atoms with Gasteiger partial charge in [-0.05, 0) is 41.7 Å². The second-order valence-electron chi connectivity index (χ2n) is 7.60. The molecule has 1 unspecified atom stereocenters. The van der Waals surface area contributed by atoms with Crippen LogP contribution in [0, 0.1) is 0 Å². The first kappa shape index (κ1) is 22.6. The smallest absolute Gasteiger partial charge is 0.321 e. The van der Waals surface area contributed by atoms with E-state index in [9.17, 15) is 9.59 Å². The van der Waals surface area contributed by atoms with E-state index < -0.39 is 6.03 Å². The molecule has 2 aromatic carbocycles. The zero-order valence-corrected chi connectivity index (χ0v) is 18.4. The summed E-state index contributed by atoms with van der Waals surface area (Å²) in [6, 6.07) is 13.5. The number of imide groups is 1. The highest BCUT2D eigenvalue weighted by Crippen LogP contribution is 2.40. The summed E-state index contributed by atoms with van der Waals surface area (Å²) >= 11 is 0. The van der Waals surface area contributed by atoms with E-state index in [2.05, 4.69) is 27.7 Å². The van der Waals surface area contributed by atoms with Gasteiger partial charge in [0.1, 0.15) is 0 Å². The number of ether oxygens (including phenoxy) is 2. The maximum absolute atomic E-state index is 12.6. The van der Waals surface area contributed by atoms with Gasteiger partial charge < -0.3 is 14.8 Å². The number of nitrogens with one attached hydrogen (secondary N) is 2. The standard InChI is InChI=1S/C24H31N3O4/c1-4-5-12-25-24(29)26-22(28)16-27-13-11-18-14-20(30-2)21(31-3)15-19(18)23(27)17-9-7-6-8-10-17/h6-10,14-15,23H,4-5,11-13,16H2,1-3H3,(H2,25,26,28,29). The fourth-order valence-electron chi connectivity index (χ4n) is 3.97. The average Bonchev–Trinajstić information content (AvgIpc) is 2.78. The third kappa shape index (κ3) is 5.55. The minimum atomic E-state index is -0.446. The normalized spacial score (nSPS) is 15.6. The van der Waals surface area contributed by atoms with Gasteiger partial charge >= 0.3 is 6.03 Å². The van der Waals surface area contributed by atoms with Gasteiger partial charge in [-0.3, -0.25) is 15.0 Å². The van der Waals surface area contributed by atoms with Crippen molar-refractivity contribution < 1.29 is 19.1 Å². The largest absolute Gasteiger partial charge is 0.493 e. The molecule has 7 nitrogen and oxygen atoms in total. The number of hydrogen-bond acceptors (Lipinski definition) is 5. The van der Waals surface area contributed by atoms with Crippen LogP contribution in [0.4, 0.5) is 4.79 Å². The molecule has 0 saturated heterocycles. The van der Waals surface area contributed by atoms with Gasteiger partial charge in [-0.15, -0.1) is 0 Å². The van der Waals surface area contributed by atoms with E-state index in [1.165, 1.54) is 5.56 Å². The minimum Gasteiger partial charge on any atom is -0.493 e. The van der Waals surface area contributed by atoms with Crippen LogP contribution in [0.25, 0.3) is 0 Å². The predicted molar refractivity (Wildman–Crippen MR) is 120 cm³/mol. The number of carbonyl (C=O) groups excluding carboxylic acids is 2. The minimum absolute atomic E-state index is 0.120. The average molecular weight is 426 g/mol. The number of carbonyl (C=O) groups is 2. The van der Waals surface area contributed by atoms with Crippen molar-refractivity contribution in [3.05, 3.63) is 59.2 Å². The molecule has 7 heteroatoms. The number of hydrogen-bond donors (Lipinski definition) is 2. The maximum Gasteiger partial charge on any atom is 0.321 e. The maximum atomic E-state index is 12.6. The number of rotatable bonds is 8. The summed E-state index contributed by atoms with van der Waals surface area (Å²) in [5.74, 6) is 1.03. The van der Waals surface area contributed by atoms with Crippen LogP contribution in [-0.2, 0) is 11.2 Å². The number of nitrogens with zero attached hydrogens (tertiary/aromatic N) is 1. The molecule has 0 aliphatic carbocycles. The lowest BCUT2D eigenvalue weighted by atomic mass is 9.87. The fourth-order valence-corrected chi connectivity index (χ4v) is 3.97. The Kier molecular flexibility index (Phi) is 7.89. The molecule has 3 amide bonds. The van der Waals surface area contributed by atoms with Crippen LogP contribution in [0.3, 0.4) is 0 Å². The van der Waals surface area contributed by atoms with Crippen LogP contribution in [0.1, 0.15) is 42.5 Å². The molecule has 1 atom stereocenters. The Morgan fingerprint density at radius 2 is 1.81 bits per heavy atom.